The fourth-order valence-corrected chi connectivity index (χ4v) is 1.34. The van der Waals surface area contributed by atoms with E-state index in [0.29, 0.717) is 6.04 Å². The van der Waals surface area contributed by atoms with Crippen LogP contribution in [0, 0.1) is 11.8 Å². The van der Waals surface area contributed by atoms with Crippen LogP contribution in [0.3, 0.4) is 0 Å². The Hall–Kier alpha value is -0.560. The molecule has 0 aliphatic carbocycles. The smallest absolute Gasteiger partial charge is 0.122 e. The summed E-state index contributed by atoms with van der Waals surface area (Å²) in [5.41, 5.74) is 0. The number of nitrogens with one attached hydrogen (secondary N) is 2. The van der Waals surface area contributed by atoms with Crippen LogP contribution in [0.4, 0.5) is 0 Å². The summed E-state index contributed by atoms with van der Waals surface area (Å²) in [5.74, 6) is 5.81. The summed E-state index contributed by atoms with van der Waals surface area (Å²) in [6, 6.07) is 0.535. The largest absolute Gasteiger partial charge is 0.346 e. The van der Waals surface area contributed by atoms with Crippen molar-refractivity contribution in [3.8, 4) is 11.8 Å². The lowest BCUT2D eigenvalue weighted by atomic mass is 10.2. The highest BCUT2D eigenvalue weighted by Crippen LogP contribution is 1.98. The zero-order valence-corrected chi connectivity index (χ0v) is 8.55. The molecule has 1 unspecified atom stereocenters. The molecule has 0 radical (unpaired) electrons. The first kappa shape index (κ1) is 10.5. The Bertz CT molecular complexity index is 199. The molecule has 0 aromatic rings. The van der Waals surface area contributed by atoms with Gasteiger partial charge >= 0.3 is 0 Å². The van der Waals surface area contributed by atoms with E-state index in [1.165, 1.54) is 0 Å². The van der Waals surface area contributed by atoms with Crippen LogP contribution < -0.4 is 10.6 Å². The van der Waals surface area contributed by atoms with Crippen LogP contribution in [0.2, 0.25) is 0 Å². The van der Waals surface area contributed by atoms with E-state index in [2.05, 4.69) is 29.4 Å². The Labute approximate surface area is 80.2 Å². The normalized spacial score (nSPS) is 30.4. The van der Waals surface area contributed by atoms with E-state index in [4.69, 9.17) is 4.74 Å². The molecule has 1 rings (SSSR count). The molecule has 0 spiro atoms. The molecule has 1 saturated heterocycles. The zero-order chi connectivity index (χ0) is 9.68. The summed E-state index contributed by atoms with van der Waals surface area (Å²) in [4.78, 5) is 0. The van der Waals surface area contributed by atoms with Crippen molar-refractivity contribution in [1.82, 2.24) is 10.6 Å². The van der Waals surface area contributed by atoms with E-state index in [1.807, 2.05) is 13.8 Å². The monoisotopic (exact) mass is 182 g/mol. The minimum absolute atomic E-state index is 0.0118. The maximum Gasteiger partial charge on any atom is 0.122 e. The van der Waals surface area contributed by atoms with Crippen LogP contribution in [-0.2, 0) is 4.74 Å². The summed E-state index contributed by atoms with van der Waals surface area (Å²) in [6.45, 7) is 7.76. The van der Waals surface area contributed by atoms with Gasteiger partial charge in [0.15, 0.2) is 0 Å². The molecular formula is C10H18N2O. The van der Waals surface area contributed by atoms with Gasteiger partial charge in [-0.1, -0.05) is 5.92 Å². The molecule has 1 aliphatic heterocycles. The SMILES string of the molecule is CC#C[C@H](C)OC1CN[C@H](C)CN1. The molecule has 3 atom stereocenters. The van der Waals surface area contributed by atoms with Crippen LogP contribution >= 0.6 is 0 Å². The second-order valence-corrected chi connectivity index (χ2v) is 3.38. The Morgan fingerprint density at radius 2 is 2.15 bits per heavy atom. The first-order chi connectivity index (χ1) is 6.22. The molecule has 0 bridgehead atoms. The van der Waals surface area contributed by atoms with Crippen LogP contribution in [0.25, 0.3) is 0 Å². The van der Waals surface area contributed by atoms with Gasteiger partial charge in [-0.25, -0.2) is 0 Å². The minimum Gasteiger partial charge on any atom is -0.346 e. The summed E-state index contributed by atoms with van der Waals surface area (Å²) in [6.07, 6.45) is 0.116. The number of rotatable bonds is 2. The molecule has 3 nitrogen and oxygen atoms in total. The third-order valence-corrected chi connectivity index (χ3v) is 2.02. The Morgan fingerprint density at radius 3 is 2.69 bits per heavy atom. The van der Waals surface area contributed by atoms with Crippen LogP contribution in [0.15, 0.2) is 0 Å². The van der Waals surface area contributed by atoms with E-state index in [9.17, 15) is 0 Å². The first-order valence-corrected chi connectivity index (χ1v) is 4.77. The predicted molar refractivity (Wildman–Crippen MR) is 53.3 cm³/mol. The van der Waals surface area contributed by atoms with Crippen LogP contribution in [0.1, 0.15) is 20.8 Å². The van der Waals surface area contributed by atoms with Gasteiger partial charge < -0.3 is 10.1 Å². The molecule has 1 fully saturated rings. The van der Waals surface area contributed by atoms with Crippen LogP contribution in [0.5, 0.6) is 0 Å². The molecule has 1 heterocycles. The highest BCUT2D eigenvalue weighted by molar-refractivity contribution is 5.01. The van der Waals surface area contributed by atoms with Gasteiger partial charge in [-0.3, -0.25) is 5.32 Å². The maximum absolute atomic E-state index is 5.63. The minimum atomic E-state index is 0.0118. The quantitative estimate of drug-likeness (QED) is 0.603. The number of piperazine rings is 1. The molecule has 2 N–H and O–H groups in total. The maximum atomic E-state index is 5.63. The number of hydrogen-bond donors (Lipinski definition) is 2. The summed E-state index contributed by atoms with van der Waals surface area (Å²) in [5, 5.41) is 6.65. The molecule has 0 saturated carbocycles. The van der Waals surface area contributed by atoms with Crippen molar-refractivity contribution >= 4 is 0 Å². The van der Waals surface area contributed by atoms with E-state index >= 15 is 0 Å². The standard InChI is InChI=1S/C10H18N2O/c1-4-5-9(3)13-10-7-11-8(2)6-12-10/h8-12H,6-7H2,1-3H3/t8-,9+,10?/m1/s1. The highest BCUT2D eigenvalue weighted by atomic mass is 16.5. The van der Waals surface area contributed by atoms with Crippen molar-refractivity contribution in [2.45, 2.75) is 39.1 Å². The van der Waals surface area contributed by atoms with Gasteiger partial charge in [0.2, 0.25) is 0 Å². The molecule has 0 amide bonds. The van der Waals surface area contributed by atoms with Crippen LogP contribution in [-0.4, -0.2) is 31.5 Å². The molecular weight excluding hydrogens is 164 g/mol. The molecule has 0 aromatic heterocycles. The predicted octanol–water partition coefficient (Wildman–Crippen LogP) is 0.322. The van der Waals surface area contributed by atoms with Gasteiger partial charge in [-0.05, 0) is 20.8 Å². The molecule has 0 aromatic carbocycles. The molecule has 3 heteroatoms. The fraction of sp³-hybridized carbons (Fsp3) is 0.800. The molecule has 1 aliphatic rings. The highest BCUT2D eigenvalue weighted by Gasteiger charge is 2.17. The third kappa shape index (κ3) is 3.77. The average Bonchev–Trinajstić information content (AvgIpc) is 2.09. The number of ether oxygens (including phenoxy) is 1. The summed E-state index contributed by atoms with van der Waals surface area (Å²) in [7, 11) is 0. The Morgan fingerprint density at radius 1 is 1.38 bits per heavy atom. The second kappa shape index (κ2) is 5.23. The van der Waals surface area contributed by atoms with Gasteiger partial charge in [-0.15, -0.1) is 5.92 Å². The van der Waals surface area contributed by atoms with Crippen molar-refractivity contribution < 1.29 is 4.74 Å². The summed E-state index contributed by atoms with van der Waals surface area (Å²) >= 11 is 0. The van der Waals surface area contributed by atoms with E-state index < -0.39 is 0 Å². The van der Waals surface area contributed by atoms with E-state index in [-0.39, 0.29) is 12.3 Å². The fourth-order valence-electron chi connectivity index (χ4n) is 1.34. The zero-order valence-electron chi connectivity index (χ0n) is 8.55. The van der Waals surface area contributed by atoms with Crippen molar-refractivity contribution in [3.63, 3.8) is 0 Å². The third-order valence-electron chi connectivity index (χ3n) is 2.02. The lowest BCUT2D eigenvalue weighted by Crippen LogP contribution is -2.54. The van der Waals surface area contributed by atoms with E-state index in [1.54, 1.807) is 0 Å². The van der Waals surface area contributed by atoms with Crippen molar-refractivity contribution in [2.75, 3.05) is 13.1 Å². The Kier molecular flexibility index (Phi) is 4.23. The van der Waals surface area contributed by atoms with Gasteiger partial charge in [0.25, 0.3) is 0 Å². The second-order valence-electron chi connectivity index (χ2n) is 3.38. The lowest BCUT2D eigenvalue weighted by Gasteiger charge is -2.29. The van der Waals surface area contributed by atoms with Gasteiger partial charge in [0.1, 0.15) is 12.3 Å². The van der Waals surface area contributed by atoms with E-state index in [0.717, 1.165) is 13.1 Å². The lowest BCUT2D eigenvalue weighted by molar-refractivity contribution is -0.00638. The van der Waals surface area contributed by atoms with Crippen molar-refractivity contribution in [3.05, 3.63) is 0 Å². The van der Waals surface area contributed by atoms with Gasteiger partial charge in [0, 0.05) is 19.1 Å². The number of hydrogen-bond acceptors (Lipinski definition) is 3. The molecule has 74 valence electrons. The van der Waals surface area contributed by atoms with Crippen molar-refractivity contribution in [2.24, 2.45) is 0 Å². The van der Waals surface area contributed by atoms with Gasteiger partial charge in [-0.2, -0.15) is 0 Å². The van der Waals surface area contributed by atoms with Crippen molar-refractivity contribution in [1.29, 1.82) is 0 Å². The topological polar surface area (TPSA) is 33.3 Å². The van der Waals surface area contributed by atoms with Gasteiger partial charge in [0.05, 0.1) is 0 Å². The Balaban J connectivity index is 2.24. The first-order valence-electron chi connectivity index (χ1n) is 4.77. The molecule has 13 heavy (non-hydrogen) atoms. The summed E-state index contributed by atoms with van der Waals surface area (Å²) < 4.78 is 5.63. The average molecular weight is 182 g/mol.